The Morgan fingerprint density at radius 1 is 0.645 bits per heavy atom. The van der Waals surface area contributed by atoms with Crippen molar-refractivity contribution in [3.05, 3.63) is 51.4 Å². The van der Waals surface area contributed by atoms with Gasteiger partial charge in [-0.15, -0.1) is 11.3 Å². The Labute approximate surface area is 388 Å². The van der Waals surface area contributed by atoms with Crippen LogP contribution in [-0.2, 0) is 9.47 Å². The molecule has 4 aliphatic rings. The molecule has 0 spiro atoms. The molecular formula is C48H74BrN7O4S2. The Bertz CT molecular complexity index is 2060. The predicted octanol–water partition coefficient (Wildman–Crippen LogP) is 12.3. The van der Waals surface area contributed by atoms with Crippen molar-refractivity contribution >= 4 is 76.4 Å². The van der Waals surface area contributed by atoms with Crippen LogP contribution in [0.15, 0.2) is 40.3 Å². The zero-order chi connectivity index (χ0) is 44.1. The Balaban J connectivity index is 0.000000203. The van der Waals surface area contributed by atoms with E-state index < -0.39 is 11.2 Å². The lowest BCUT2D eigenvalue weighted by Gasteiger charge is -2.39. The van der Waals surface area contributed by atoms with E-state index >= 15 is 0 Å². The number of ether oxygens (including phenoxy) is 2. The zero-order valence-electron chi connectivity index (χ0n) is 38.3. The molecule has 2 aromatic heterocycles. The van der Waals surface area contributed by atoms with Gasteiger partial charge in [0.25, 0.3) is 0 Å². The number of amides is 2. The smallest absolute Gasteiger partial charge is 0.410 e. The second kappa shape index (κ2) is 21.8. The number of halogens is 1. The quantitative estimate of drug-likeness (QED) is 0.199. The van der Waals surface area contributed by atoms with Gasteiger partial charge in [-0.05, 0) is 170 Å². The van der Waals surface area contributed by atoms with Crippen molar-refractivity contribution < 1.29 is 19.1 Å². The van der Waals surface area contributed by atoms with Crippen LogP contribution >= 0.6 is 38.6 Å². The second-order valence-electron chi connectivity index (χ2n) is 19.7. The number of aromatic nitrogens is 2. The maximum atomic E-state index is 12.9. The zero-order valence-corrected chi connectivity index (χ0v) is 41.6. The molecule has 11 nitrogen and oxygen atoms in total. The lowest BCUT2D eigenvalue weighted by atomic mass is 9.90. The normalized spacial score (nSPS) is 22.9. The molecule has 2 amide bonds. The Morgan fingerprint density at radius 3 is 1.55 bits per heavy atom. The van der Waals surface area contributed by atoms with Gasteiger partial charge in [-0.2, -0.15) is 0 Å². The summed E-state index contributed by atoms with van der Waals surface area (Å²) in [5.41, 5.74) is 3.35. The van der Waals surface area contributed by atoms with E-state index in [1.165, 1.54) is 37.1 Å². The van der Waals surface area contributed by atoms with Gasteiger partial charge in [0, 0.05) is 39.3 Å². The Kier molecular flexibility index (Phi) is 17.5. The van der Waals surface area contributed by atoms with Crippen molar-refractivity contribution in [3.63, 3.8) is 0 Å². The number of hydrogen-bond donors (Lipinski definition) is 0. The molecule has 4 fully saturated rings. The molecule has 6 heterocycles. The van der Waals surface area contributed by atoms with Crippen molar-refractivity contribution in [1.29, 1.82) is 0 Å². The number of benzene rings is 2. The van der Waals surface area contributed by atoms with Gasteiger partial charge < -0.3 is 34.0 Å². The summed E-state index contributed by atoms with van der Waals surface area (Å²) in [7, 11) is 4.36. The average molecular weight is 957 g/mol. The third kappa shape index (κ3) is 14.0. The van der Waals surface area contributed by atoms with Crippen molar-refractivity contribution in [1.82, 2.24) is 29.6 Å². The van der Waals surface area contributed by atoms with Gasteiger partial charge in [0.05, 0.1) is 32.5 Å². The first-order valence-corrected chi connectivity index (χ1v) is 24.8. The summed E-state index contributed by atoms with van der Waals surface area (Å²) >= 11 is 6.83. The van der Waals surface area contributed by atoms with Gasteiger partial charge in [0.1, 0.15) is 11.2 Å². The van der Waals surface area contributed by atoms with Crippen LogP contribution in [0.1, 0.15) is 131 Å². The summed E-state index contributed by atoms with van der Waals surface area (Å²) in [6, 6.07) is 13.0. The monoisotopic (exact) mass is 955 g/mol. The first-order chi connectivity index (χ1) is 28.8. The van der Waals surface area contributed by atoms with E-state index in [2.05, 4.69) is 100.0 Å². The van der Waals surface area contributed by atoms with Gasteiger partial charge >= 0.3 is 12.2 Å². The molecule has 8 rings (SSSR count). The minimum atomic E-state index is -0.488. The molecule has 0 aliphatic carbocycles. The molecule has 4 atom stereocenters. The highest BCUT2D eigenvalue weighted by atomic mass is 79.9. The van der Waals surface area contributed by atoms with Crippen molar-refractivity contribution in [2.75, 3.05) is 71.4 Å². The summed E-state index contributed by atoms with van der Waals surface area (Å²) in [4.78, 5) is 46.0. The molecule has 4 aromatic rings. The fourth-order valence-corrected chi connectivity index (χ4v) is 10.9. The molecule has 0 radical (unpaired) electrons. The third-order valence-electron chi connectivity index (χ3n) is 11.8. The van der Waals surface area contributed by atoms with Gasteiger partial charge in [0.2, 0.25) is 0 Å². The van der Waals surface area contributed by atoms with E-state index in [-0.39, 0.29) is 31.7 Å². The highest BCUT2D eigenvalue weighted by Gasteiger charge is 2.36. The molecule has 0 N–H and O–H groups in total. The first kappa shape index (κ1) is 50.0. The first-order valence-electron chi connectivity index (χ1n) is 22.4. The number of likely N-dealkylation sites (N-methyl/N-ethyl adjacent to an activating group) is 1. The lowest BCUT2D eigenvalue weighted by Crippen LogP contribution is -2.44. The third-order valence-corrected chi connectivity index (χ3v) is 14.4. The van der Waals surface area contributed by atoms with Crippen LogP contribution in [0.5, 0.6) is 0 Å². The number of nitrogens with zero attached hydrogens (tertiary/aromatic N) is 7. The van der Waals surface area contributed by atoms with Crippen LogP contribution in [0.25, 0.3) is 20.4 Å². The molecule has 62 heavy (non-hydrogen) atoms. The van der Waals surface area contributed by atoms with Crippen LogP contribution in [0, 0.1) is 11.8 Å². The van der Waals surface area contributed by atoms with E-state index in [0.717, 1.165) is 101 Å². The summed E-state index contributed by atoms with van der Waals surface area (Å²) in [5.74, 6) is 0.978. The largest absolute Gasteiger partial charge is 0.444 e. The summed E-state index contributed by atoms with van der Waals surface area (Å²) < 4.78 is 14.6. The molecule has 0 unspecified atom stereocenters. The molecule has 0 bridgehead atoms. The summed E-state index contributed by atoms with van der Waals surface area (Å²) in [5, 5.41) is 1.11. The van der Waals surface area contributed by atoms with Crippen LogP contribution in [0.2, 0.25) is 0 Å². The molecule has 4 aliphatic heterocycles. The molecule has 0 saturated carbocycles. The standard InChI is InChI=1S/C23H34N4O2S.C18H23BrN2O2S.C6H13N.CH4/c1-16-6-8-19(27(15-16)22(28)29-23(2,3)4)17-7-9-20-18(14-17)24-21(30-20)26-12-10-25(5)11-13-26;1-11-5-7-14(21(10-11)17(22)23-18(2,3)4)12-6-8-15-13(9-12)20-16(19)24-15;1-7-5-3-2-4-6-7;/h7,9,14,16,19H,6,8,10-13,15H2,1-5H3;6,8-9,11,14H,5,7,10H2,1-4H3;2-6H2,1H3;1H4/t16-,19+;11-,14+;;/m00../s1. The fraction of sp³-hybridized carbons (Fsp3) is 0.667. The fourth-order valence-electron chi connectivity index (χ4n) is 8.49. The minimum absolute atomic E-state index is 0. The number of fused-ring (bicyclic) bond motifs is 2. The number of piperazine rings is 1. The number of rotatable bonds is 3. The lowest BCUT2D eigenvalue weighted by molar-refractivity contribution is 0.00278. The minimum Gasteiger partial charge on any atom is -0.444 e. The topological polar surface area (TPSA) is 94.6 Å². The van der Waals surface area contributed by atoms with Gasteiger partial charge in [0.15, 0.2) is 9.05 Å². The van der Waals surface area contributed by atoms with Crippen LogP contribution < -0.4 is 4.90 Å². The van der Waals surface area contributed by atoms with Crippen LogP contribution in [0.4, 0.5) is 14.7 Å². The molecule has 4 saturated heterocycles. The Morgan fingerprint density at radius 2 is 1.10 bits per heavy atom. The maximum Gasteiger partial charge on any atom is 0.410 e. The van der Waals surface area contributed by atoms with E-state index in [1.54, 1.807) is 22.7 Å². The van der Waals surface area contributed by atoms with Crippen molar-refractivity contribution in [2.24, 2.45) is 11.8 Å². The second-order valence-corrected chi connectivity index (χ2v) is 23.0. The maximum absolute atomic E-state index is 12.9. The SMILES string of the molecule is C.CN1CCCCC1.C[C@H]1CC[C@H](c2ccc3sc(Br)nc3c2)N(C(=O)OC(C)(C)C)C1.C[C@H]1CC[C@H](c2ccc3sc(N4CCN(C)CC4)nc3c2)N(C(=O)OC(C)(C)C)C1. The number of likely N-dealkylation sites (tertiary alicyclic amines) is 3. The van der Waals surface area contributed by atoms with E-state index in [4.69, 9.17) is 14.5 Å². The average Bonchev–Trinajstić information content (AvgIpc) is 3.79. The van der Waals surface area contributed by atoms with Crippen LogP contribution in [0.3, 0.4) is 0 Å². The molecular weight excluding hydrogens is 883 g/mol. The highest BCUT2D eigenvalue weighted by molar-refractivity contribution is 9.11. The Hall–Kier alpha value is -3.04. The molecule has 14 heteroatoms. The highest BCUT2D eigenvalue weighted by Crippen LogP contribution is 2.39. The van der Waals surface area contributed by atoms with Crippen LogP contribution in [-0.4, -0.2) is 119 Å². The van der Waals surface area contributed by atoms with E-state index in [1.807, 2.05) is 51.3 Å². The molecule has 344 valence electrons. The van der Waals surface area contributed by atoms with Gasteiger partial charge in [-0.1, -0.05) is 51.2 Å². The summed E-state index contributed by atoms with van der Waals surface area (Å²) in [6.07, 6.45) is 7.98. The van der Waals surface area contributed by atoms with E-state index in [9.17, 15) is 9.59 Å². The number of carbonyl (C=O) groups excluding carboxylic acids is 2. The number of thiazole rings is 2. The van der Waals surface area contributed by atoms with Crippen molar-refractivity contribution in [2.45, 2.75) is 131 Å². The summed E-state index contributed by atoms with van der Waals surface area (Å²) in [6.45, 7) is 24.2. The number of piperidine rings is 3. The van der Waals surface area contributed by atoms with Gasteiger partial charge in [-0.25, -0.2) is 19.6 Å². The number of anilines is 1. The molecule has 2 aromatic carbocycles. The number of hydrogen-bond acceptors (Lipinski definition) is 11. The van der Waals surface area contributed by atoms with E-state index in [0.29, 0.717) is 11.8 Å². The van der Waals surface area contributed by atoms with Gasteiger partial charge in [-0.3, -0.25) is 0 Å². The number of carbonyl (C=O) groups is 2. The predicted molar refractivity (Wildman–Crippen MR) is 263 cm³/mol. The van der Waals surface area contributed by atoms with Crippen molar-refractivity contribution in [3.8, 4) is 0 Å².